The number of nitrogens with one attached hydrogen (secondary N) is 1. The Balaban J connectivity index is 2.08. The third kappa shape index (κ3) is 2.96. The Morgan fingerprint density at radius 1 is 1.50 bits per heavy atom. The standard InChI is InChI=1S/C13H15ClN2O4/c1-20-11-5-4-8(7-9(11)14)15-13(19)16-6-2-3-10(16)12(17)18/h4-5,7,10H,2-3,6H2,1H3,(H,15,19)(H,17,18)/t10-/m0/s1. The average molecular weight is 299 g/mol. The van der Waals surface area contributed by atoms with Gasteiger partial charge in [-0.2, -0.15) is 0 Å². The van der Waals surface area contributed by atoms with Gasteiger partial charge in [0.2, 0.25) is 0 Å². The fourth-order valence-corrected chi connectivity index (χ4v) is 2.46. The van der Waals surface area contributed by atoms with Crippen LogP contribution in [0.2, 0.25) is 5.02 Å². The van der Waals surface area contributed by atoms with Crippen LogP contribution in [0.15, 0.2) is 18.2 Å². The lowest BCUT2D eigenvalue weighted by atomic mass is 10.2. The van der Waals surface area contributed by atoms with E-state index in [4.69, 9.17) is 21.4 Å². The third-order valence-electron chi connectivity index (χ3n) is 3.20. The summed E-state index contributed by atoms with van der Waals surface area (Å²) in [6.45, 7) is 0.437. The van der Waals surface area contributed by atoms with Crippen LogP contribution in [0.1, 0.15) is 12.8 Å². The van der Waals surface area contributed by atoms with Crippen LogP contribution in [-0.2, 0) is 4.79 Å². The first-order valence-electron chi connectivity index (χ1n) is 6.17. The minimum absolute atomic E-state index is 0.376. The Morgan fingerprint density at radius 3 is 2.85 bits per heavy atom. The van der Waals surface area contributed by atoms with E-state index in [0.29, 0.717) is 35.8 Å². The number of aliphatic carboxylic acids is 1. The third-order valence-corrected chi connectivity index (χ3v) is 3.50. The molecule has 1 atom stereocenters. The SMILES string of the molecule is COc1ccc(NC(=O)N2CCC[C@H]2C(=O)O)cc1Cl. The lowest BCUT2D eigenvalue weighted by Crippen LogP contribution is -2.42. The van der Waals surface area contributed by atoms with Gasteiger partial charge in [-0.3, -0.25) is 0 Å². The van der Waals surface area contributed by atoms with Crippen LogP contribution in [0.4, 0.5) is 10.5 Å². The maximum atomic E-state index is 12.1. The average Bonchev–Trinajstić information content (AvgIpc) is 2.88. The summed E-state index contributed by atoms with van der Waals surface area (Å²) in [5.41, 5.74) is 0.497. The van der Waals surface area contributed by atoms with Gasteiger partial charge in [0.05, 0.1) is 12.1 Å². The fourth-order valence-electron chi connectivity index (χ4n) is 2.21. The Labute approximate surface area is 121 Å². The number of ether oxygens (including phenoxy) is 1. The molecule has 2 N–H and O–H groups in total. The summed E-state index contributed by atoms with van der Waals surface area (Å²) >= 11 is 5.97. The molecule has 1 aromatic carbocycles. The molecule has 0 bridgehead atoms. The molecule has 7 heteroatoms. The van der Waals surface area contributed by atoms with Gasteiger partial charge < -0.3 is 20.1 Å². The number of nitrogens with zero attached hydrogens (tertiary/aromatic N) is 1. The van der Waals surface area contributed by atoms with E-state index < -0.39 is 18.0 Å². The smallest absolute Gasteiger partial charge is 0.326 e. The molecule has 1 saturated heterocycles. The Hall–Kier alpha value is -1.95. The van der Waals surface area contributed by atoms with Crippen LogP contribution < -0.4 is 10.1 Å². The summed E-state index contributed by atoms with van der Waals surface area (Å²) in [7, 11) is 1.50. The van der Waals surface area contributed by atoms with Crippen LogP contribution in [0, 0.1) is 0 Å². The number of carboxylic acids is 1. The number of hydrogen-bond acceptors (Lipinski definition) is 3. The maximum absolute atomic E-state index is 12.1. The zero-order valence-electron chi connectivity index (χ0n) is 10.9. The number of benzene rings is 1. The zero-order valence-corrected chi connectivity index (χ0v) is 11.7. The van der Waals surface area contributed by atoms with Gasteiger partial charge in [-0.25, -0.2) is 9.59 Å². The van der Waals surface area contributed by atoms with E-state index in [1.165, 1.54) is 12.0 Å². The molecule has 108 valence electrons. The van der Waals surface area contributed by atoms with Gasteiger partial charge in [0.25, 0.3) is 0 Å². The molecule has 0 aliphatic carbocycles. The summed E-state index contributed by atoms with van der Waals surface area (Å²) in [5, 5.41) is 12.1. The Morgan fingerprint density at radius 2 is 2.25 bits per heavy atom. The molecule has 0 unspecified atom stereocenters. The first kappa shape index (κ1) is 14.5. The number of rotatable bonds is 3. The second kappa shape index (κ2) is 6.00. The highest BCUT2D eigenvalue weighted by atomic mass is 35.5. The normalized spacial score (nSPS) is 17.9. The van der Waals surface area contributed by atoms with Gasteiger partial charge >= 0.3 is 12.0 Å². The van der Waals surface area contributed by atoms with Gasteiger partial charge in [-0.15, -0.1) is 0 Å². The highest BCUT2D eigenvalue weighted by Crippen LogP contribution is 2.27. The molecule has 1 aliphatic heterocycles. The highest BCUT2D eigenvalue weighted by Gasteiger charge is 2.33. The van der Waals surface area contributed by atoms with Crippen molar-refractivity contribution in [2.24, 2.45) is 0 Å². The topological polar surface area (TPSA) is 78.9 Å². The van der Waals surface area contributed by atoms with Crippen LogP contribution in [-0.4, -0.2) is 41.7 Å². The monoisotopic (exact) mass is 298 g/mol. The number of carbonyl (C=O) groups excluding carboxylic acids is 1. The van der Waals surface area contributed by atoms with Gasteiger partial charge in [0.1, 0.15) is 11.8 Å². The minimum Gasteiger partial charge on any atom is -0.495 e. The second-order valence-corrected chi connectivity index (χ2v) is 4.88. The van der Waals surface area contributed by atoms with E-state index in [1.807, 2.05) is 0 Å². The molecule has 1 aromatic rings. The minimum atomic E-state index is -0.981. The van der Waals surface area contributed by atoms with Crippen LogP contribution >= 0.6 is 11.6 Å². The van der Waals surface area contributed by atoms with Crippen LogP contribution in [0.3, 0.4) is 0 Å². The number of halogens is 1. The molecule has 1 aliphatic rings. The first-order chi connectivity index (χ1) is 9.52. The number of methoxy groups -OCH3 is 1. The van der Waals surface area contributed by atoms with Crippen LogP contribution in [0.25, 0.3) is 0 Å². The molecule has 6 nitrogen and oxygen atoms in total. The van der Waals surface area contributed by atoms with Crippen molar-refractivity contribution >= 4 is 29.3 Å². The largest absolute Gasteiger partial charge is 0.495 e. The predicted molar refractivity (Wildman–Crippen MR) is 74.4 cm³/mol. The fraction of sp³-hybridized carbons (Fsp3) is 0.385. The molecular formula is C13H15ClN2O4. The van der Waals surface area contributed by atoms with E-state index in [0.717, 1.165) is 0 Å². The van der Waals surface area contributed by atoms with Crippen LogP contribution in [0.5, 0.6) is 5.75 Å². The Bertz CT molecular complexity index is 535. The number of amides is 2. The number of carbonyl (C=O) groups is 2. The number of hydrogen-bond donors (Lipinski definition) is 2. The zero-order chi connectivity index (χ0) is 14.7. The van der Waals surface area contributed by atoms with Crippen molar-refractivity contribution in [3.63, 3.8) is 0 Å². The molecule has 20 heavy (non-hydrogen) atoms. The molecular weight excluding hydrogens is 284 g/mol. The van der Waals surface area contributed by atoms with Crippen molar-refractivity contribution in [1.82, 2.24) is 4.90 Å². The molecule has 0 spiro atoms. The molecule has 1 fully saturated rings. The van der Waals surface area contributed by atoms with Crippen molar-refractivity contribution in [3.05, 3.63) is 23.2 Å². The van der Waals surface area contributed by atoms with E-state index in [9.17, 15) is 9.59 Å². The molecule has 2 amide bonds. The van der Waals surface area contributed by atoms with E-state index in [1.54, 1.807) is 18.2 Å². The highest BCUT2D eigenvalue weighted by molar-refractivity contribution is 6.32. The quantitative estimate of drug-likeness (QED) is 0.898. The number of likely N-dealkylation sites (tertiary alicyclic amines) is 1. The Kier molecular flexibility index (Phi) is 4.34. The lowest BCUT2D eigenvalue weighted by molar-refractivity contribution is -0.141. The summed E-state index contributed by atoms with van der Waals surface area (Å²) in [5.74, 6) is -0.473. The van der Waals surface area contributed by atoms with E-state index in [-0.39, 0.29) is 0 Å². The number of carboxylic acid groups (broad SMARTS) is 1. The van der Waals surface area contributed by atoms with Gasteiger partial charge in [0, 0.05) is 12.2 Å². The second-order valence-electron chi connectivity index (χ2n) is 4.47. The molecule has 0 saturated carbocycles. The van der Waals surface area contributed by atoms with Gasteiger partial charge in [-0.05, 0) is 31.0 Å². The maximum Gasteiger partial charge on any atom is 0.326 e. The number of urea groups is 1. The van der Waals surface area contributed by atoms with Crippen molar-refractivity contribution < 1.29 is 19.4 Å². The number of anilines is 1. The molecule has 2 rings (SSSR count). The summed E-state index contributed by atoms with van der Waals surface area (Å²) in [4.78, 5) is 24.4. The van der Waals surface area contributed by atoms with Gasteiger partial charge in [0.15, 0.2) is 0 Å². The molecule has 0 radical (unpaired) electrons. The van der Waals surface area contributed by atoms with Crippen molar-refractivity contribution in [2.45, 2.75) is 18.9 Å². The molecule has 1 heterocycles. The summed E-state index contributed by atoms with van der Waals surface area (Å²) < 4.78 is 5.02. The van der Waals surface area contributed by atoms with Crippen molar-refractivity contribution in [1.29, 1.82) is 0 Å². The van der Waals surface area contributed by atoms with Crippen molar-refractivity contribution in [3.8, 4) is 5.75 Å². The lowest BCUT2D eigenvalue weighted by Gasteiger charge is -2.21. The predicted octanol–water partition coefficient (Wildman–Crippen LogP) is 2.43. The van der Waals surface area contributed by atoms with Gasteiger partial charge in [-0.1, -0.05) is 11.6 Å². The van der Waals surface area contributed by atoms with E-state index >= 15 is 0 Å². The molecule has 0 aromatic heterocycles. The summed E-state index contributed by atoms with van der Waals surface area (Å²) in [6, 6.07) is 3.65. The summed E-state index contributed by atoms with van der Waals surface area (Å²) in [6.07, 6.45) is 1.17. The van der Waals surface area contributed by atoms with E-state index in [2.05, 4.69) is 5.32 Å². The first-order valence-corrected chi connectivity index (χ1v) is 6.54. The van der Waals surface area contributed by atoms with Crippen molar-refractivity contribution in [2.75, 3.05) is 19.0 Å².